The molecule has 2 heterocycles. The highest BCUT2D eigenvalue weighted by Gasteiger charge is 2.16. The number of furan rings is 1. The molecule has 3 aromatic rings. The highest BCUT2D eigenvalue weighted by molar-refractivity contribution is 7.99. The Hall–Kier alpha value is -2.54. The van der Waals surface area contributed by atoms with Crippen molar-refractivity contribution in [2.24, 2.45) is 0 Å². The summed E-state index contributed by atoms with van der Waals surface area (Å²) in [5.41, 5.74) is 2.92. The number of anilines is 1. The van der Waals surface area contributed by atoms with Gasteiger partial charge in [-0.25, -0.2) is 0 Å². The number of aromatic nitrogens is 1. The predicted octanol–water partition coefficient (Wildman–Crippen LogP) is 5.31. The van der Waals surface area contributed by atoms with Crippen molar-refractivity contribution < 1.29 is 18.0 Å². The van der Waals surface area contributed by atoms with Gasteiger partial charge in [-0.1, -0.05) is 11.8 Å². The van der Waals surface area contributed by atoms with Crippen LogP contribution in [0.15, 0.2) is 58.0 Å². The van der Waals surface area contributed by atoms with Gasteiger partial charge in [0, 0.05) is 22.0 Å². The molecule has 7 heteroatoms. The smallest absolute Gasteiger partial charge is 0.288 e. The van der Waals surface area contributed by atoms with E-state index >= 15 is 0 Å². The second kappa shape index (κ2) is 7.78. The van der Waals surface area contributed by atoms with Crippen LogP contribution < -0.4 is 5.32 Å². The van der Waals surface area contributed by atoms with Crippen molar-refractivity contribution in [2.75, 3.05) is 5.32 Å². The predicted molar refractivity (Wildman–Crippen MR) is 98.0 cm³/mol. The maximum Gasteiger partial charge on any atom is 0.288 e. The number of thioether (sulfide) groups is 1. The number of carbonyl (C=O) groups is 1. The second-order valence-electron chi connectivity index (χ2n) is 5.81. The van der Waals surface area contributed by atoms with Crippen molar-refractivity contribution in [1.82, 2.24) is 4.57 Å². The van der Waals surface area contributed by atoms with Gasteiger partial charge < -0.3 is 14.3 Å². The minimum Gasteiger partial charge on any atom is -0.467 e. The number of nitrogens with zero attached hydrogens (tertiary/aromatic N) is 1. The zero-order chi connectivity index (χ0) is 18.7. The summed E-state index contributed by atoms with van der Waals surface area (Å²) in [4.78, 5) is 13.0. The van der Waals surface area contributed by atoms with E-state index in [2.05, 4.69) is 5.32 Å². The molecular weight excluding hydrogens is 358 g/mol. The highest BCUT2D eigenvalue weighted by Crippen LogP contribution is 2.26. The van der Waals surface area contributed by atoms with Gasteiger partial charge in [-0.15, -0.1) is 0 Å². The number of alkyl halides is 2. The topological polar surface area (TPSA) is 47.2 Å². The van der Waals surface area contributed by atoms with E-state index in [1.807, 2.05) is 36.6 Å². The lowest BCUT2D eigenvalue weighted by atomic mass is 10.2. The summed E-state index contributed by atoms with van der Waals surface area (Å²) in [5.74, 6) is -1.89. The van der Waals surface area contributed by atoms with Crippen LogP contribution in [0.2, 0.25) is 0 Å². The molecule has 4 nitrogen and oxygen atoms in total. The Balaban J connectivity index is 1.73. The minimum absolute atomic E-state index is 0.238. The van der Waals surface area contributed by atoms with Gasteiger partial charge in [0.25, 0.3) is 11.7 Å². The fourth-order valence-corrected chi connectivity index (χ4v) is 3.25. The van der Waals surface area contributed by atoms with Gasteiger partial charge in [0.15, 0.2) is 0 Å². The van der Waals surface area contributed by atoms with Gasteiger partial charge in [-0.05, 0) is 56.3 Å². The van der Waals surface area contributed by atoms with Crippen LogP contribution in [0.5, 0.6) is 0 Å². The average molecular weight is 376 g/mol. The van der Waals surface area contributed by atoms with Crippen LogP contribution in [0, 0.1) is 13.8 Å². The van der Waals surface area contributed by atoms with Crippen LogP contribution in [0.4, 0.5) is 14.5 Å². The molecule has 26 heavy (non-hydrogen) atoms. The van der Waals surface area contributed by atoms with Crippen molar-refractivity contribution in [2.45, 2.75) is 31.0 Å². The number of carbonyl (C=O) groups excluding carboxylic acids is 1. The summed E-state index contributed by atoms with van der Waals surface area (Å²) in [6.45, 7) is 4.37. The van der Waals surface area contributed by atoms with Crippen molar-refractivity contribution in [1.29, 1.82) is 0 Å². The Labute approximate surface area is 154 Å². The largest absolute Gasteiger partial charge is 0.467 e. The summed E-state index contributed by atoms with van der Waals surface area (Å²) < 4.78 is 32.1. The van der Waals surface area contributed by atoms with E-state index in [9.17, 15) is 13.6 Å². The third kappa shape index (κ3) is 4.16. The van der Waals surface area contributed by atoms with Crippen molar-refractivity contribution in [3.63, 3.8) is 0 Å². The van der Waals surface area contributed by atoms with Crippen LogP contribution in [-0.4, -0.2) is 16.2 Å². The highest BCUT2D eigenvalue weighted by atomic mass is 32.2. The molecule has 0 aliphatic carbocycles. The molecule has 0 unspecified atom stereocenters. The zero-order valence-electron chi connectivity index (χ0n) is 14.3. The van der Waals surface area contributed by atoms with Crippen LogP contribution in [-0.2, 0) is 6.54 Å². The van der Waals surface area contributed by atoms with E-state index in [4.69, 9.17) is 4.42 Å². The summed E-state index contributed by atoms with van der Waals surface area (Å²) in [7, 11) is 0. The maximum atomic E-state index is 12.6. The molecule has 0 saturated carbocycles. The van der Waals surface area contributed by atoms with Crippen LogP contribution >= 0.6 is 11.8 Å². The van der Waals surface area contributed by atoms with E-state index in [0.717, 1.165) is 17.1 Å². The quantitative estimate of drug-likeness (QED) is 0.593. The van der Waals surface area contributed by atoms with Gasteiger partial charge in [0.1, 0.15) is 5.76 Å². The van der Waals surface area contributed by atoms with Crippen LogP contribution in [0.25, 0.3) is 0 Å². The number of hydrogen-bond acceptors (Lipinski definition) is 3. The number of rotatable bonds is 6. The number of hydrogen-bond donors (Lipinski definition) is 1. The number of nitrogens with one attached hydrogen (secondary N) is 1. The fourth-order valence-electron chi connectivity index (χ4n) is 2.75. The van der Waals surface area contributed by atoms with Gasteiger partial charge in [0.05, 0.1) is 18.4 Å². The monoisotopic (exact) mass is 376 g/mol. The number of aryl methyl sites for hydroxylation is 1. The Bertz CT molecular complexity index is 887. The molecule has 1 aromatic carbocycles. The summed E-state index contributed by atoms with van der Waals surface area (Å²) in [5, 5.41) is 2.81. The third-order valence-corrected chi connectivity index (χ3v) is 4.77. The van der Waals surface area contributed by atoms with Gasteiger partial charge in [-0.2, -0.15) is 8.78 Å². The number of benzene rings is 1. The normalized spacial score (nSPS) is 11.1. The first-order valence-electron chi connectivity index (χ1n) is 7.99. The Morgan fingerprint density at radius 3 is 2.58 bits per heavy atom. The molecule has 0 fully saturated rings. The van der Waals surface area contributed by atoms with Crippen LogP contribution in [0.3, 0.4) is 0 Å². The van der Waals surface area contributed by atoms with Crippen molar-refractivity contribution in [3.8, 4) is 0 Å². The van der Waals surface area contributed by atoms with Gasteiger partial charge in [0.2, 0.25) is 0 Å². The second-order valence-corrected chi connectivity index (χ2v) is 6.87. The molecular formula is C19H18F2N2O2S. The van der Waals surface area contributed by atoms with E-state index in [-0.39, 0.29) is 5.91 Å². The molecule has 1 N–H and O–H groups in total. The Morgan fingerprint density at radius 1 is 1.23 bits per heavy atom. The summed E-state index contributed by atoms with van der Waals surface area (Å²) >= 11 is 0.474. The van der Waals surface area contributed by atoms with E-state index in [1.54, 1.807) is 30.5 Å². The first-order valence-corrected chi connectivity index (χ1v) is 8.87. The molecule has 0 aliphatic rings. The summed E-state index contributed by atoms with van der Waals surface area (Å²) in [6, 6.07) is 11.9. The van der Waals surface area contributed by atoms with E-state index in [0.29, 0.717) is 34.5 Å². The maximum absolute atomic E-state index is 12.6. The van der Waals surface area contributed by atoms with Crippen molar-refractivity contribution in [3.05, 3.63) is 71.4 Å². The summed E-state index contributed by atoms with van der Waals surface area (Å²) in [6.07, 6.45) is 1.62. The molecule has 0 radical (unpaired) electrons. The number of halogens is 2. The average Bonchev–Trinajstić information content (AvgIpc) is 3.20. The molecule has 3 rings (SSSR count). The van der Waals surface area contributed by atoms with E-state index in [1.165, 1.54) is 0 Å². The Kier molecular flexibility index (Phi) is 5.46. The fraction of sp³-hybridized carbons (Fsp3) is 0.211. The molecule has 1 amide bonds. The molecule has 0 bridgehead atoms. The minimum atomic E-state index is -2.46. The lowest BCUT2D eigenvalue weighted by Crippen LogP contribution is -2.13. The zero-order valence-corrected chi connectivity index (χ0v) is 15.1. The molecule has 0 saturated heterocycles. The first-order chi connectivity index (χ1) is 12.4. The van der Waals surface area contributed by atoms with Crippen molar-refractivity contribution >= 4 is 23.4 Å². The molecule has 136 valence electrons. The van der Waals surface area contributed by atoms with Crippen LogP contribution in [0.1, 0.15) is 27.5 Å². The first kappa shape index (κ1) is 18.3. The molecule has 0 atom stereocenters. The van der Waals surface area contributed by atoms with Gasteiger partial charge >= 0.3 is 0 Å². The number of amides is 1. The van der Waals surface area contributed by atoms with Gasteiger partial charge in [-0.3, -0.25) is 4.79 Å². The molecule has 2 aromatic heterocycles. The lowest BCUT2D eigenvalue weighted by molar-refractivity contribution is 0.102. The third-order valence-electron chi connectivity index (χ3n) is 4.05. The SMILES string of the molecule is Cc1cc(C(=O)Nc2ccc(SC(F)F)cc2)c(C)n1Cc1ccco1. The molecule has 0 spiro atoms. The lowest BCUT2D eigenvalue weighted by Gasteiger charge is -2.09. The molecule has 0 aliphatic heterocycles. The Morgan fingerprint density at radius 2 is 1.96 bits per heavy atom. The standard InChI is InChI=1S/C19H18F2N2O2S/c1-12-10-17(13(2)23(12)11-15-4-3-9-25-15)18(24)22-14-5-7-16(8-6-14)26-19(20)21/h3-10,19H,11H2,1-2H3,(H,22,24). The van der Waals surface area contributed by atoms with E-state index < -0.39 is 5.76 Å².